The molecule has 1 unspecified atom stereocenters. The van der Waals surface area contributed by atoms with Crippen LogP contribution in [0, 0.1) is 15.9 Å². The third-order valence-electron chi connectivity index (χ3n) is 5.13. The lowest BCUT2D eigenvalue weighted by Gasteiger charge is -2.27. The maximum Gasteiger partial charge on any atom is 0.295 e. The van der Waals surface area contributed by atoms with Crippen molar-refractivity contribution in [2.75, 3.05) is 27.2 Å². The van der Waals surface area contributed by atoms with Gasteiger partial charge in [0.05, 0.1) is 31.6 Å². The van der Waals surface area contributed by atoms with Gasteiger partial charge in [-0.1, -0.05) is 17.9 Å². The fourth-order valence-electron chi connectivity index (χ4n) is 3.59. The molecule has 1 atom stereocenters. The van der Waals surface area contributed by atoms with Gasteiger partial charge >= 0.3 is 0 Å². The monoisotopic (exact) mass is 427 g/mol. The minimum absolute atomic E-state index is 0.0871. The highest BCUT2D eigenvalue weighted by Crippen LogP contribution is 2.39. The molecule has 0 radical (unpaired) electrons. The van der Waals surface area contributed by atoms with E-state index in [0.29, 0.717) is 12.0 Å². The minimum Gasteiger partial charge on any atom is -0.872 e. The van der Waals surface area contributed by atoms with Crippen molar-refractivity contribution in [3.05, 3.63) is 81.2 Å². The fourth-order valence-corrected chi connectivity index (χ4v) is 3.59. The summed E-state index contributed by atoms with van der Waals surface area (Å²) in [5.74, 6) is -2.89. The van der Waals surface area contributed by atoms with Crippen LogP contribution in [0.1, 0.15) is 23.6 Å². The minimum atomic E-state index is -0.962. The second-order valence-corrected chi connectivity index (χ2v) is 7.64. The van der Waals surface area contributed by atoms with E-state index in [1.807, 2.05) is 14.1 Å². The number of carbonyl (C=O) groups is 2. The number of rotatable bonds is 7. The number of non-ortho nitro benzene ring substituents is 1. The summed E-state index contributed by atoms with van der Waals surface area (Å²) >= 11 is 0. The van der Waals surface area contributed by atoms with Gasteiger partial charge in [-0.2, -0.15) is 0 Å². The summed E-state index contributed by atoms with van der Waals surface area (Å²) in [6.45, 7) is 0.990. The van der Waals surface area contributed by atoms with E-state index in [-0.39, 0.29) is 23.4 Å². The number of nitro benzene ring substituents is 1. The van der Waals surface area contributed by atoms with Gasteiger partial charge in [-0.15, -0.1) is 0 Å². The lowest BCUT2D eigenvalue weighted by Crippen LogP contribution is -3.05. The molecule has 2 aromatic carbocycles. The third-order valence-corrected chi connectivity index (χ3v) is 5.13. The standard InChI is InChI=1S/C22H22FN3O5/c1-24(2)12-3-13-25-19(14-6-10-17(11-7-14)26(30)31)18(21(28)22(25)29)20(27)15-4-8-16(23)9-5-15/h4-11,19,27H,3,12-13H2,1-2H3. The molecule has 0 saturated carbocycles. The summed E-state index contributed by atoms with van der Waals surface area (Å²) in [5, 5.41) is 24.1. The van der Waals surface area contributed by atoms with E-state index in [0.717, 1.165) is 23.6 Å². The first-order chi connectivity index (χ1) is 14.7. The van der Waals surface area contributed by atoms with Crippen LogP contribution in [0.25, 0.3) is 5.76 Å². The number of quaternary nitrogens is 1. The number of halogens is 1. The molecule has 1 heterocycles. The smallest absolute Gasteiger partial charge is 0.295 e. The number of hydrogen-bond acceptors (Lipinski definition) is 5. The quantitative estimate of drug-likeness (QED) is 0.228. The molecule has 1 aliphatic heterocycles. The molecule has 8 nitrogen and oxygen atoms in total. The number of amides is 1. The first-order valence-electron chi connectivity index (χ1n) is 9.76. The number of nitrogens with one attached hydrogen (secondary N) is 1. The van der Waals surface area contributed by atoms with Gasteiger partial charge in [0.2, 0.25) is 5.78 Å². The number of likely N-dealkylation sites (tertiary alicyclic amines) is 1. The maximum absolute atomic E-state index is 13.3. The molecule has 1 amide bonds. The van der Waals surface area contributed by atoms with Crippen molar-refractivity contribution in [3.8, 4) is 0 Å². The summed E-state index contributed by atoms with van der Waals surface area (Å²) in [5.41, 5.74) is 0.132. The average Bonchev–Trinajstić information content (AvgIpc) is 2.98. The lowest BCUT2D eigenvalue weighted by molar-refractivity contribution is -0.858. The lowest BCUT2D eigenvalue weighted by atomic mass is 9.95. The van der Waals surface area contributed by atoms with Gasteiger partial charge in [-0.05, 0) is 35.4 Å². The first-order valence-corrected chi connectivity index (χ1v) is 9.76. The Hall–Kier alpha value is -3.59. The third kappa shape index (κ3) is 4.61. The van der Waals surface area contributed by atoms with E-state index in [4.69, 9.17) is 0 Å². The van der Waals surface area contributed by atoms with Crippen molar-refractivity contribution in [1.82, 2.24) is 4.90 Å². The number of benzene rings is 2. The average molecular weight is 427 g/mol. The summed E-state index contributed by atoms with van der Waals surface area (Å²) < 4.78 is 13.3. The van der Waals surface area contributed by atoms with Crippen LogP contribution < -0.4 is 10.0 Å². The number of ketones is 1. The van der Waals surface area contributed by atoms with E-state index in [1.54, 1.807) is 0 Å². The molecule has 9 heteroatoms. The van der Waals surface area contributed by atoms with E-state index < -0.39 is 34.2 Å². The molecule has 2 aromatic rings. The second kappa shape index (κ2) is 9.05. The van der Waals surface area contributed by atoms with Gasteiger partial charge in [0.25, 0.3) is 11.6 Å². The predicted octanol–water partition coefficient (Wildman–Crippen LogP) is 0.493. The molecule has 162 valence electrons. The van der Waals surface area contributed by atoms with Crippen molar-refractivity contribution in [3.63, 3.8) is 0 Å². The summed E-state index contributed by atoms with van der Waals surface area (Å²) in [7, 11) is 3.92. The van der Waals surface area contributed by atoms with Crippen LogP contribution >= 0.6 is 0 Å². The largest absolute Gasteiger partial charge is 0.872 e. The summed E-state index contributed by atoms with van der Waals surface area (Å²) in [6.07, 6.45) is 0.600. The zero-order valence-electron chi connectivity index (χ0n) is 17.1. The zero-order valence-corrected chi connectivity index (χ0v) is 17.1. The normalized spacial score (nSPS) is 18.1. The molecule has 0 aliphatic carbocycles. The van der Waals surface area contributed by atoms with Crippen molar-refractivity contribution in [2.24, 2.45) is 0 Å². The van der Waals surface area contributed by atoms with Crippen LogP contribution in [-0.2, 0) is 9.59 Å². The summed E-state index contributed by atoms with van der Waals surface area (Å²) in [4.78, 5) is 38.5. The highest BCUT2D eigenvalue weighted by atomic mass is 19.1. The van der Waals surface area contributed by atoms with Gasteiger partial charge in [0.1, 0.15) is 5.82 Å². The molecule has 0 bridgehead atoms. The molecule has 1 saturated heterocycles. The molecular formula is C22H22FN3O5. The Morgan fingerprint density at radius 1 is 1.10 bits per heavy atom. The van der Waals surface area contributed by atoms with Gasteiger partial charge in [-0.3, -0.25) is 19.7 Å². The second-order valence-electron chi connectivity index (χ2n) is 7.64. The number of Topliss-reactive ketones (excluding diaryl/α,β-unsaturated/α-hetero) is 1. The van der Waals surface area contributed by atoms with Crippen molar-refractivity contribution >= 4 is 23.1 Å². The van der Waals surface area contributed by atoms with Gasteiger partial charge in [0.15, 0.2) is 0 Å². The Balaban J connectivity index is 2.09. The Kier molecular flexibility index (Phi) is 6.45. The van der Waals surface area contributed by atoms with Crippen LogP contribution in [-0.4, -0.2) is 48.7 Å². The van der Waals surface area contributed by atoms with Crippen LogP contribution in [0.5, 0.6) is 0 Å². The molecule has 31 heavy (non-hydrogen) atoms. The Bertz CT molecular complexity index is 1030. The Morgan fingerprint density at radius 3 is 2.26 bits per heavy atom. The van der Waals surface area contributed by atoms with Crippen LogP contribution in [0.15, 0.2) is 54.1 Å². The number of carbonyl (C=O) groups excluding carboxylic acids is 2. The van der Waals surface area contributed by atoms with Crippen molar-refractivity contribution in [2.45, 2.75) is 12.5 Å². The Labute approximate surface area is 178 Å². The van der Waals surface area contributed by atoms with Gasteiger partial charge in [0, 0.05) is 30.7 Å². The highest BCUT2D eigenvalue weighted by molar-refractivity contribution is 6.46. The SMILES string of the molecule is C[NH+](C)CCCN1C(=O)C(=O)C(=C([O-])c2ccc(F)cc2)C1c1ccc([N+](=O)[O-])cc1. The van der Waals surface area contributed by atoms with Crippen LogP contribution in [0.3, 0.4) is 0 Å². The van der Waals surface area contributed by atoms with Gasteiger partial charge in [-0.25, -0.2) is 4.39 Å². The van der Waals surface area contributed by atoms with E-state index in [2.05, 4.69) is 0 Å². The molecule has 1 N–H and O–H groups in total. The van der Waals surface area contributed by atoms with Crippen molar-refractivity contribution in [1.29, 1.82) is 0 Å². The van der Waals surface area contributed by atoms with E-state index in [1.165, 1.54) is 41.3 Å². The topological polar surface area (TPSA) is 108 Å². The first kappa shape index (κ1) is 22.1. The van der Waals surface area contributed by atoms with E-state index in [9.17, 15) is 29.2 Å². The summed E-state index contributed by atoms with van der Waals surface area (Å²) in [6, 6.07) is 9.18. The predicted molar refractivity (Wildman–Crippen MR) is 108 cm³/mol. The maximum atomic E-state index is 13.3. The molecule has 1 fully saturated rings. The number of nitrogens with zero attached hydrogens (tertiary/aromatic N) is 2. The molecule has 1 aliphatic rings. The molecule has 3 rings (SSSR count). The van der Waals surface area contributed by atoms with E-state index >= 15 is 0 Å². The zero-order chi connectivity index (χ0) is 22.7. The van der Waals surface area contributed by atoms with Crippen molar-refractivity contribution < 1.29 is 28.9 Å². The molecule has 0 aromatic heterocycles. The molecule has 0 spiro atoms. The Morgan fingerprint density at radius 2 is 1.71 bits per heavy atom. The number of nitro groups is 1. The van der Waals surface area contributed by atoms with Gasteiger partial charge < -0.3 is 14.9 Å². The molecular weight excluding hydrogens is 405 g/mol. The van der Waals surface area contributed by atoms with Crippen LogP contribution in [0.4, 0.5) is 10.1 Å². The number of hydrogen-bond donors (Lipinski definition) is 1. The van der Waals surface area contributed by atoms with Crippen LogP contribution in [0.2, 0.25) is 0 Å². The fraction of sp³-hybridized carbons (Fsp3) is 0.273. The highest BCUT2D eigenvalue weighted by Gasteiger charge is 2.44.